The molecule has 5 rings (SSSR count). The third-order valence-electron chi connectivity index (χ3n) is 7.12. The molecular formula is C27H33N7O. The molecule has 8 nitrogen and oxygen atoms in total. The SMILES string of the molecule is N#CCC(C1CCCC1)n1cc(-c2ccnc(Nc3ccc(OCCN4CCCC4)cc3)n2)cn1. The lowest BCUT2D eigenvalue weighted by Crippen LogP contribution is -2.25. The van der Waals surface area contributed by atoms with Crippen LogP contribution < -0.4 is 10.1 Å². The van der Waals surface area contributed by atoms with Gasteiger partial charge < -0.3 is 10.1 Å². The van der Waals surface area contributed by atoms with E-state index in [1.807, 2.05) is 47.4 Å². The Bertz CT molecular complexity index is 1120. The molecule has 182 valence electrons. The summed E-state index contributed by atoms with van der Waals surface area (Å²) in [5.41, 5.74) is 2.64. The summed E-state index contributed by atoms with van der Waals surface area (Å²) < 4.78 is 7.86. The highest BCUT2D eigenvalue weighted by molar-refractivity contribution is 5.61. The van der Waals surface area contributed by atoms with Gasteiger partial charge in [0, 0.05) is 30.2 Å². The van der Waals surface area contributed by atoms with Gasteiger partial charge in [-0.2, -0.15) is 10.4 Å². The maximum atomic E-state index is 9.33. The molecule has 1 aliphatic heterocycles. The lowest BCUT2D eigenvalue weighted by atomic mass is 9.96. The first-order chi connectivity index (χ1) is 17.3. The van der Waals surface area contributed by atoms with Crippen LogP contribution >= 0.6 is 0 Å². The number of aromatic nitrogens is 4. The minimum atomic E-state index is 0.131. The molecule has 0 bridgehead atoms. The maximum Gasteiger partial charge on any atom is 0.227 e. The molecule has 0 spiro atoms. The largest absolute Gasteiger partial charge is 0.492 e. The maximum absolute atomic E-state index is 9.33. The van der Waals surface area contributed by atoms with Crippen LogP contribution in [0.4, 0.5) is 11.6 Å². The van der Waals surface area contributed by atoms with Crippen LogP contribution in [0, 0.1) is 17.2 Å². The topological polar surface area (TPSA) is 91.9 Å². The van der Waals surface area contributed by atoms with Crippen LogP contribution in [0.5, 0.6) is 5.75 Å². The van der Waals surface area contributed by atoms with Crippen molar-refractivity contribution in [3.8, 4) is 23.1 Å². The normalized spacial score (nSPS) is 17.3. The summed E-state index contributed by atoms with van der Waals surface area (Å²) in [6.45, 7) is 4.07. The highest BCUT2D eigenvalue weighted by atomic mass is 16.5. The Balaban J connectivity index is 1.20. The van der Waals surface area contributed by atoms with Gasteiger partial charge in [0.1, 0.15) is 12.4 Å². The minimum Gasteiger partial charge on any atom is -0.492 e. The van der Waals surface area contributed by atoms with E-state index in [1.54, 1.807) is 6.20 Å². The van der Waals surface area contributed by atoms with Gasteiger partial charge in [0.2, 0.25) is 5.95 Å². The number of nitrogens with zero attached hydrogens (tertiary/aromatic N) is 6. The van der Waals surface area contributed by atoms with Crippen molar-refractivity contribution in [1.82, 2.24) is 24.6 Å². The molecule has 8 heteroatoms. The lowest BCUT2D eigenvalue weighted by Gasteiger charge is -2.21. The Morgan fingerprint density at radius 1 is 1.09 bits per heavy atom. The Morgan fingerprint density at radius 3 is 2.66 bits per heavy atom. The predicted octanol–water partition coefficient (Wildman–Crippen LogP) is 5.20. The molecule has 3 aromatic rings. The second-order valence-electron chi connectivity index (χ2n) is 9.50. The van der Waals surface area contributed by atoms with Crippen molar-refractivity contribution in [1.29, 1.82) is 5.26 Å². The number of hydrogen-bond donors (Lipinski definition) is 1. The zero-order valence-electron chi connectivity index (χ0n) is 20.1. The highest BCUT2D eigenvalue weighted by Crippen LogP contribution is 2.36. The molecule has 1 aromatic carbocycles. The number of nitrogens with one attached hydrogen (secondary N) is 1. The van der Waals surface area contributed by atoms with Crippen LogP contribution in [0.25, 0.3) is 11.3 Å². The average molecular weight is 472 g/mol. The molecule has 1 aliphatic carbocycles. The molecule has 35 heavy (non-hydrogen) atoms. The zero-order valence-corrected chi connectivity index (χ0v) is 20.1. The van der Waals surface area contributed by atoms with E-state index in [0.717, 1.165) is 29.2 Å². The fraction of sp³-hybridized carbons (Fsp3) is 0.481. The molecular weight excluding hydrogens is 438 g/mol. The first-order valence-corrected chi connectivity index (χ1v) is 12.8. The fourth-order valence-electron chi connectivity index (χ4n) is 5.21. The molecule has 2 aromatic heterocycles. The first-order valence-electron chi connectivity index (χ1n) is 12.8. The van der Waals surface area contributed by atoms with Gasteiger partial charge in [-0.15, -0.1) is 0 Å². The number of nitriles is 1. The Kier molecular flexibility index (Phi) is 7.54. The van der Waals surface area contributed by atoms with E-state index in [1.165, 1.54) is 51.6 Å². The van der Waals surface area contributed by atoms with Crippen molar-refractivity contribution in [2.45, 2.75) is 51.0 Å². The van der Waals surface area contributed by atoms with Crippen molar-refractivity contribution in [3.05, 3.63) is 48.9 Å². The van der Waals surface area contributed by atoms with E-state index in [0.29, 0.717) is 24.9 Å². The third kappa shape index (κ3) is 5.98. The van der Waals surface area contributed by atoms with Gasteiger partial charge >= 0.3 is 0 Å². The first kappa shape index (κ1) is 23.3. The second-order valence-corrected chi connectivity index (χ2v) is 9.50. The number of ether oxygens (including phenoxy) is 1. The standard InChI is InChI=1S/C27H33N7O/c28-13-11-26(21-5-1-2-6-21)34-20-22(19-30-34)25-12-14-29-27(32-25)31-23-7-9-24(10-8-23)35-18-17-33-15-3-4-16-33/h7-10,12,14,19-21,26H,1-6,11,15-18H2,(H,29,31,32). The lowest BCUT2D eigenvalue weighted by molar-refractivity contribution is 0.238. The molecule has 1 N–H and O–H groups in total. The van der Waals surface area contributed by atoms with Gasteiger partial charge in [0.25, 0.3) is 0 Å². The fourth-order valence-corrected chi connectivity index (χ4v) is 5.21. The summed E-state index contributed by atoms with van der Waals surface area (Å²) in [4.78, 5) is 11.5. The second kappa shape index (κ2) is 11.3. The molecule has 2 fully saturated rings. The van der Waals surface area contributed by atoms with Gasteiger partial charge in [-0.3, -0.25) is 9.58 Å². The van der Waals surface area contributed by atoms with Crippen molar-refractivity contribution in [2.75, 3.05) is 31.6 Å². The summed E-state index contributed by atoms with van der Waals surface area (Å²) in [7, 11) is 0. The highest BCUT2D eigenvalue weighted by Gasteiger charge is 2.27. The van der Waals surface area contributed by atoms with E-state index in [4.69, 9.17) is 9.72 Å². The van der Waals surface area contributed by atoms with Crippen molar-refractivity contribution in [2.24, 2.45) is 5.92 Å². The molecule has 0 radical (unpaired) electrons. The number of rotatable bonds is 10. The van der Waals surface area contributed by atoms with Gasteiger partial charge in [0.15, 0.2) is 0 Å². The Labute approximate surface area is 207 Å². The van der Waals surface area contributed by atoms with E-state index in [2.05, 4.69) is 26.4 Å². The quantitative estimate of drug-likeness (QED) is 0.434. The van der Waals surface area contributed by atoms with E-state index in [9.17, 15) is 5.26 Å². The summed E-state index contributed by atoms with van der Waals surface area (Å²) in [5, 5.41) is 17.2. The third-order valence-corrected chi connectivity index (χ3v) is 7.12. The van der Waals surface area contributed by atoms with Gasteiger partial charge in [-0.25, -0.2) is 9.97 Å². The van der Waals surface area contributed by atoms with Crippen LogP contribution in [-0.2, 0) is 0 Å². The Morgan fingerprint density at radius 2 is 1.89 bits per heavy atom. The van der Waals surface area contributed by atoms with Crippen molar-refractivity contribution >= 4 is 11.6 Å². The van der Waals surface area contributed by atoms with Crippen LogP contribution in [0.3, 0.4) is 0 Å². The molecule has 1 saturated carbocycles. The molecule has 3 heterocycles. The van der Waals surface area contributed by atoms with Gasteiger partial charge in [-0.05, 0) is 75.0 Å². The smallest absolute Gasteiger partial charge is 0.227 e. The van der Waals surface area contributed by atoms with Gasteiger partial charge in [-0.1, -0.05) is 12.8 Å². The number of hydrogen-bond acceptors (Lipinski definition) is 7. The Hall–Kier alpha value is -3.44. The number of anilines is 2. The summed E-state index contributed by atoms with van der Waals surface area (Å²) in [5.74, 6) is 1.92. The van der Waals surface area contributed by atoms with Crippen molar-refractivity contribution < 1.29 is 4.74 Å². The van der Waals surface area contributed by atoms with E-state index >= 15 is 0 Å². The summed E-state index contributed by atoms with van der Waals surface area (Å²) in [6, 6.07) is 12.3. The van der Waals surface area contributed by atoms with Crippen LogP contribution in [0.15, 0.2) is 48.9 Å². The molecule has 1 saturated heterocycles. The van der Waals surface area contributed by atoms with Crippen molar-refractivity contribution in [3.63, 3.8) is 0 Å². The van der Waals surface area contributed by atoms with Crippen LogP contribution in [-0.4, -0.2) is 50.9 Å². The number of benzene rings is 1. The predicted molar refractivity (Wildman–Crippen MR) is 135 cm³/mol. The molecule has 0 amide bonds. The van der Waals surface area contributed by atoms with Crippen LogP contribution in [0.2, 0.25) is 0 Å². The summed E-state index contributed by atoms with van der Waals surface area (Å²) >= 11 is 0. The monoisotopic (exact) mass is 471 g/mol. The molecule has 2 aliphatic rings. The van der Waals surface area contributed by atoms with Gasteiger partial charge in [0.05, 0.1) is 30.4 Å². The summed E-state index contributed by atoms with van der Waals surface area (Å²) in [6.07, 6.45) is 13.5. The molecule has 1 atom stereocenters. The zero-order chi connectivity index (χ0) is 23.9. The van der Waals surface area contributed by atoms with E-state index < -0.39 is 0 Å². The number of likely N-dealkylation sites (tertiary alicyclic amines) is 1. The average Bonchev–Trinajstić information content (AvgIpc) is 3.67. The minimum absolute atomic E-state index is 0.131. The molecule has 1 unspecified atom stereocenters. The van der Waals surface area contributed by atoms with E-state index in [-0.39, 0.29) is 6.04 Å². The van der Waals surface area contributed by atoms with Crippen LogP contribution in [0.1, 0.15) is 51.0 Å².